The third-order valence-corrected chi connectivity index (χ3v) is 1.87. The molecule has 0 aliphatic carbocycles. The monoisotopic (exact) mass is 213 g/mol. The van der Waals surface area contributed by atoms with Crippen LogP contribution < -0.4 is 10.1 Å². The third kappa shape index (κ3) is 4.27. The zero-order valence-electron chi connectivity index (χ0n) is 9.05. The minimum atomic E-state index is -0.282. The molecule has 0 unspecified atom stereocenters. The summed E-state index contributed by atoms with van der Waals surface area (Å²) in [7, 11) is 3.41. The van der Waals surface area contributed by atoms with Gasteiger partial charge in [-0.15, -0.1) is 0 Å². The van der Waals surface area contributed by atoms with Crippen molar-refractivity contribution in [1.29, 1.82) is 0 Å². The van der Waals surface area contributed by atoms with Gasteiger partial charge in [0.25, 0.3) is 0 Å². The summed E-state index contributed by atoms with van der Waals surface area (Å²) < 4.78 is 23.3. The van der Waals surface area contributed by atoms with Gasteiger partial charge in [-0.1, -0.05) is 0 Å². The van der Waals surface area contributed by atoms with Gasteiger partial charge in [0.05, 0.1) is 6.61 Å². The Hall–Kier alpha value is -1.13. The number of methoxy groups -OCH3 is 1. The third-order valence-electron chi connectivity index (χ3n) is 1.87. The molecule has 84 valence electrons. The number of halogens is 1. The second-order valence-corrected chi connectivity index (χ2v) is 3.17. The van der Waals surface area contributed by atoms with Gasteiger partial charge in [0.15, 0.2) is 0 Å². The van der Waals surface area contributed by atoms with Crippen LogP contribution in [0.3, 0.4) is 0 Å². The van der Waals surface area contributed by atoms with E-state index in [2.05, 4.69) is 5.32 Å². The second kappa shape index (κ2) is 6.37. The van der Waals surface area contributed by atoms with Crippen molar-refractivity contribution in [1.82, 2.24) is 5.32 Å². The number of ether oxygens (including phenoxy) is 2. The fourth-order valence-electron chi connectivity index (χ4n) is 1.25. The number of benzene rings is 1. The highest BCUT2D eigenvalue weighted by molar-refractivity contribution is 5.29. The molecule has 4 heteroatoms. The summed E-state index contributed by atoms with van der Waals surface area (Å²) in [5.74, 6) is 0.257. The van der Waals surface area contributed by atoms with Crippen LogP contribution in [0, 0.1) is 5.82 Å². The van der Waals surface area contributed by atoms with Crippen LogP contribution in [0.5, 0.6) is 5.75 Å². The van der Waals surface area contributed by atoms with E-state index < -0.39 is 0 Å². The molecule has 0 saturated heterocycles. The maximum atomic E-state index is 13.1. The van der Waals surface area contributed by atoms with Crippen LogP contribution in [0.25, 0.3) is 0 Å². The van der Waals surface area contributed by atoms with Crippen molar-refractivity contribution in [3.05, 3.63) is 29.6 Å². The zero-order chi connectivity index (χ0) is 11.1. The summed E-state index contributed by atoms with van der Waals surface area (Å²) in [6, 6.07) is 4.67. The van der Waals surface area contributed by atoms with Crippen LogP contribution in [0.4, 0.5) is 4.39 Å². The average molecular weight is 213 g/mol. The molecule has 0 heterocycles. The van der Waals surface area contributed by atoms with E-state index in [1.165, 1.54) is 12.1 Å². The average Bonchev–Trinajstić information content (AvgIpc) is 2.18. The van der Waals surface area contributed by atoms with Crippen LogP contribution >= 0.6 is 0 Å². The molecule has 1 aromatic rings. The Morgan fingerprint density at radius 3 is 2.73 bits per heavy atom. The van der Waals surface area contributed by atoms with E-state index in [0.29, 0.717) is 25.5 Å². The molecular weight excluding hydrogens is 197 g/mol. The van der Waals surface area contributed by atoms with E-state index >= 15 is 0 Å². The highest BCUT2D eigenvalue weighted by Gasteiger charge is 2.01. The Labute approximate surface area is 89.2 Å². The van der Waals surface area contributed by atoms with Crippen molar-refractivity contribution in [2.24, 2.45) is 0 Å². The standard InChI is InChI=1S/C11H16FNO2/c1-13-8-9-5-10(12)7-11(6-9)15-4-3-14-2/h5-7,13H,3-4,8H2,1-2H3. The van der Waals surface area contributed by atoms with Crippen molar-refractivity contribution < 1.29 is 13.9 Å². The quantitative estimate of drug-likeness (QED) is 0.728. The summed E-state index contributed by atoms with van der Waals surface area (Å²) in [6.07, 6.45) is 0. The molecule has 0 fully saturated rings. The van der Waals surface area contributed by atoms with E-state index in [9.17, 15) is 4.39 Å². The lowest BCUT2D eigenvalue weighted by atomic mass is 10.2. The maximum Gasteiger partial charge on any atom is 0.127 e. The molecule has 0 aromatic heterocycles. The highest BCUT2D eigenvalue weighted by atomic mass is 19.1. The van der Waals surface area contributed by atoms with E-state index in [1.54, 1.807) is 7.11 Å². The number of hydrogen-bond acceptors (Lipinski definition) is 3. The van der Waals surface area contributed by atoms with Crippen molar-refractivity contribution in [3.8, 4) is 5.75 Å². The van der Waals surface area contributed by atoms with Gasteiger partial charge < -0.3 is 14.8 Å². The van der Waals surface area contributed by atoms with Gasteiger partial charge in [0, 0.05) is 19.7 Å². The summed E-state index contributed by atoms with van der Waals surface area (Å²) in [5.41, 5.74) is 0.866. The van der Waals surface area contributed by atoms with Gasteiger partial charge in [0.1, 0.15) is 18.2 Å². The van der Waals surface area contributed by atoms with Gasteiger partial charge in [-0.25, -0.2) is 4.39 Å². The van der Waals surface area contributed by atoms with Gasteiger partial charge in [-0.05, 0) is 24.7 Å². The Kier molecular flexibility index (Phi) is 5.07. The molecular formula is C11H16FNO2. The van der Waals surface area contributed by atoms with E-state index in [4.69, 9.17) is 9.47 Å². The predicted molar refractivity (Wildman–Crippen MR) is 56.5 cm³/mol. The van der Waals surface area contributed by atoms with Crippen LogP contribution in [0.15, 0.2) is 18.2 Å². The van der Waals surface area contributed by atoms with Gasteiger partial charge in [-0.3, -0.25) is 0 Å². The predicted octanol–water partition coefficient (Wildman–Crippen LogP) is 1.57. The molecule has 0 aliphatic rings. The second-order valence-electron chi connectivity index (χ2n) is 3.17. The SMILES string of the molecule is CNCc1cc(F)cc(OCCOC)c1. The summed E-state index contributed by atoms with van der Waals surface area (Å²) in [4.78, 5) is 0. The Balaban J connectivity index is 2.62. The molecule has 3 nitrogen and oxygen atoms in total. The fraction of sp³-hybridized carbons (Fsp3) is 0.455. The normalized spacial score (nSPS) is 10.3. The summed E-state index contributed by atoms with van der Waals surface area (Å²) >= 11 is 0. The first-order valence-corrected chi connectivity index (χ1v) is 4.82. The van der Waals surface area contributed by atoms with Crippen molar-refractivity contribution in [2.45, 2.75) is 6.54 Å². The molecule has 1 aromatic carbocycles. The van der Waals surface area contributed by atoms with Crippen molar-refractivity contribution in [3.63, 3.8) is 0 Å². The van der Waals surface area contributed by atoms with Crippen LogP contribution in [0.1, 0.15) is 5.56 Å². The van der Waals surface area contributed by atoms with E-state index in [0.717, 1.165) is 5.56 Å². The zero-order valence-corrected chi connectivity index (χ0v) is 9.05. The van der Waals surface area contributed by atoms with Gasteiger partial charge in [-0.2, -0.15) is 0 Å². The summed E-state index contributed by atoms with van der Waals surface area (Å²) in [6.45, 7) is 1.55. The van der Waals surface area contributed by atoms with Crippen LogP contribution in [-0.4, -0.2) is 27.4 Å². The minimum Gasteiger partial charge on any atom is -0.491 e. The van der Waals surface area contributed by atoms with E-state index in [1.807, 2.05) is 13.1 Å². The molecule has 1 N–H and O–H groups in total. The lowest BCUT2D eigenvalue weighted by Crippen LogP contribution is -2.07. The fourth-order valence-corrected chi connectivity index (χ4v) is 1.25. The molecule has 0 bridgehead atoms. The first-order valence-electron chi connectivity index (χ1n) is 4.82. The van der Waals surface area contributed by atoms with Crippen molar-refractivity contribution >= 4 is 0 Å². The first-order chi connectivity index (χ1) is 7.26. The number of hydrogen-bond donors (Lipinski definition) is 1. The smallest absolute Gasteiger partial charge is 0.127 e. The molecule has 0 amide bonds. The number of nitrogens with one attached hydrogen (secondary N) is 1. The molecule has 0 spiro atoms. The molecule has 0 atom stereocenters. The molecule has 15 heavy (non-hydrogen) atoms. The lowest BCUT2D eigenvalue weighted by molar-refractivity contribution is 0.146. The van der Waals surface area contributed by atoms with Crippen LogP contribution in [0.2, 0.25) is 0 Å². The maximum absolute atomic E-state index is 13.1. The van der Waals surface area contributed by atoms with Crippen molar-refractivity contribution in [2.75, 3.05) is 27.4 Å². The Bertz CT molecular complexity index is 305. The molecule has 1 rings (SSSR count). The topological polar surface area (TPSA) is 30.5 Å². The molecule has 0 radical (unpaired) electrons. The summed E-state index contributed by atoms with van der Waals surface area (Å²) in [5, 5.41) is 2.96. The van der Waals surface area contributed by atoms with Crippen LogP contribution in [-0.2, 0) is 11.3 Å². The number of rotatable bonds is 6. The Morgan fingerprint density at radius 1 is 1.27 bits per heavy atom. The molecule has 0 aliphatic heterocycles. The largest absolute Gasteiger partial charge is 0.491 e. The molecule has 0 saturated carbocycles. The van der Waals surface area contributed by atoms with E-state index in [-0.39, 0.29) is 5.82 Å². The van der Waals surface area contributed by atoms with Gasteiger partial charge in [0.2, 0.25) is 0 Å². The first kappa shape index (κ1) is 11.9. The Morgan fingerprint density at radius 2 is 2.07 bits per heavy atom. The van der Waals surface area contributed by atoms with Gasteiger partial charge >= 0.3 is 0 Å². The highest BCUT2D eigenvalue weighted by Crippen LogP contribution is 2.16. The minimum absolute atomic E-state index is 0.282. The lowest BCUT2D eigenvalue weighted by Gasteiger charge is -2.08.